The third-order valence-corrected chi connectivity index (χ3v) is 7.09. The fourth-order valence-electron chi connectivity index (χ4n) is 6.19. The maximum absolute atomic E-state index is 11.6. The molecule has 1 aromatic rings. The van der Waals surface area contributed by atoms with Crippen molar-refractivity contribution in [2.24, 2.45) is 29.1 Å². The van der Waals surface area contributed by atoms with Gasteiger partial charge in [0.1, 0.15) is 0 Å². The molecule has 3 heteroatoms. The van der Waals surface area contributed by atoms with Gasteiger partial charge in [0.15, 0.2) is 0 Å². The van der Waals surface area contributed by atoms with Gasteiger partial charge in [-0.1, -0.05) is 68.8 Å². The van der Waals surface area contributed by atoms with Crippen LogP contribution in [0.2, 0.25) is 0 Å². The van der Waals surface area contributed by atoms with Crippen molar-refractivity contribution in [3.05, 3.63) is 59.2 Å². The Hall–Kier alpha value is -0.830. The second-order valence-corrected chi connectivity index (χ2v) is 8.62. The van der Waals surface area contributed by atoms with Gasteiger partial charge in [0.2, 0.25) is 0 Å². The van der Waals surface area contributed by atoms with Gasteiger partial charge in [-0.05, 0) is 61.5 Å². The number of rotatable bonds is 4. The van der Waals surface area contributed by atoms with Crippen molar-refractivity contribution in [3.63, 3.8) is 0 Å². The molecule has 2 aliphatic carbocycles. The zero-order chi connectivity index (χ0) is 19.1. The molecule has 0 amide bonds. The van der Waals surface area contributed by atoms with E-state index >= 15 is 0 Å². The minimum absolute atomic E-state index is 0. The van der Waals surface area contributed by atoms with E-state index in [1.54, 1.807) is 6.92 Å². The molecule has 0 heterocycles. The molecular weight excluding hydrogens is 343 g/mol. The predicted octanol–water partition coefficient (Wildman–Crippen LogP) is 1.74. The van der Waals surface area contributed by atoms with Crippen molar-refractivity contribution in [3.8, 4) is 0 Å². The summed E-state index contributed by atoms with van der Waals surface area (Å²) < 4.78 is 0. The zero-order valence-electron chi connectivity index (χ0n) is 17.7. The maximum Gasteiger partial charge on any atom is 1.00 e. The molecule has 0 radical (unpaired) electrons. The smallest absolute Gasteiger partial charge is 0.545 e. The van der Waals surface area contributed by atoms with Crippen LogP contribution in [0.25, 0.3) is 0 Å². The molecule has 1 fully saturated rings. The number of carbonyl (C=O) groups excluding carboxylic acids is 1. The number of benzene rings is 1. The average molecular weight is 375 g/mol. The summed E-state index contributed by atoms with van der Waals surface area (Å²) in [5.74, 6) is 1.38. The average Bonchev–Trinajstić information content (AvgIpc) is 2.93. The van der Waals surface area contributed by atoms with Crippen LogP contribution in [0.5, 0.6) is 0 Å². The summed E-state index contributed by atoms with van der Waals surface area (Å²) >= 11 is 0. The summed E-state index contributed by atoms with van der Waals surface area (Å²) in [6.07, 6.45) is 6.61. The molecule has 2 aliphatic rings. The van der Waals surface area contributed by atoms with Crippen molar-refractivity contribution < 1.29 is 39.5 Å². The van der Waals surface area contributed by atoms with Gasteiger partial charge in [0, 0.05) is 11.3 Å². The van der Waals surface area contributed by atoms with Crippen LogP contribution in [0.4, 0.5) is 0 Å². The second-order valence-electron chi connectivity index (χ2n) is 8.62. The van der Waals surface area contributed by atoms with Crippen molar-refractivity contribution in [1.29, 1.82) is 0 Å². The number of carboxylic acids is 1. The van der Waals surface area contributed by atoms with Crippen LogP contribution in [0, 0.1) is 29.1 Å². The number of hydrogen-bond acceptors (Lipinski definition) is 2. The predicted molar refractivity (Wildman–Crippen MR) is 104 cm³/mol. The molecule has 0 unspecified atom stereocenters. The topological polar surface area (TPSA) is 40.1 Å². The quantitative estimate of drug-likeness (QED) is 0.458. The number of fused-ring (bicyclic) bond motifs is 1. The van der Waals surface area contributed by atoms with Crippen LogP contribution in [0.3, 0.4) is 0 Å². The van der Waals surface area contributed by atoms with Crippen molar-refractivity contribution in [2.75, 3.05) is 0 Å². The van der Waals surface area contributed by atoms with Crippen LogP contribution in [-0.2, 0) is 4.79 Å². The summed E-state index contributed by atoms with van der Waals surface area (Å²) in [4.78, 5) is 11.6. The van der Waals surface area contributed by atoms with Gasteiger partial charge in [-0.25, -0.2) is 0 Å². The first-order valence-corrected chi connectivity index (χ1v) is 9.95. The van der Waals surface area contributed by atoms with E-state index < -0.39 is 5.97 Å². The Kier molecular flexibility index (Phi) is 7.22. The van der Waals surface area contributed by atoms with Gasteiger partial charge < -0.3 is 9.90 Å². The zero-order valence-corrected chi connectivity index (χ0v) is 19.7. The Morgan fingerprint density at radius 2 is 1.85 bits per heavy atom. The summed E-state index contributed by atoms with van der Waals surface area (Å²) in [5, 5.41) is 11.6. The van der Waals surface area contributed by atoms with Gasteiger partial charge in [0.25, 0.3) is 0 Å². The number of aliphatic carboxylic acids is 1. The van der Waals surface area contributed by atoms with Crippen LogP contribution in [0.1, 0.15) is 58.9 Å². The van der Waals surface area contributed by atoms with Gasteiger partial charge in [-0.2, -0.15) is 0 Å². The molecule has 0 saturated heterocycles. The third-order valence-electron chi connectivity index (χ3n) is 7.09. The fourth-order valence-corrected chi connectivity index (χ4v) is 6.19. The van der Waals surface area contributed by atoms with Crippen LogP contribution in [-0.4, -0.2) is 5.97 Å². The second kappa shape index (κ2) is 8.68. The minimum Gasteiger partial charge on any atom is -0.545 e. The van der Waals surface area contributed by atoms with Crippen LogP contribution >= 0.6 is 0 Å². The molecule has 0 aliphatic heterocycles. The summed E-state index contributed by atoms with van der Waals surface area (Å²) in [6.45, 7) is 10.9. The maximum atomic E-state index is 11.6. The minimum atomic E-state index is -1.05. The van der Waals surface area contributed by atoms with Crippen molar-refractivity contribution in [1.82, 2.24) is 0 Å². The summed E-state index contributed by atoms with van der Waals surface area (Å²) in [6, 6.07) is 10.6. The van der Waals surface area contributed by atoms with Crippen LogP contribution in [0.15, 0.2) is 53.6 Å². The molecular formula is C24H31NaO2. The first kappa shape index (κ1) is 22.5. The summed E-state index contributed by atoms with van der Waals surface area (Å²) in [7, 11) is 0. The molecule has 0 bridgehead atoms. The van der Waals surface area contributed by atoms with E-state index in [0.29, 0.717) is 29.2 Å². The Labute approximate surface area is 186 Å². The van der Waals surface area contributed by atoms with Crippen molar-refractivity contribution >= 4 is 5.97 Å². The largest absolute Gasteiger partial charge is 1.00 e. The number of allylic oxidation sites excluding steroid dienone is 3. The van der Waals surface area contributed by atoms with E-state index in [1.807, 2.05) is 6.07 Å². The molecule has 27 heavy (non-hydrogen) atoms. The normalized spacial score (nSPS) is 35.8. The van der Waals surface area contributed by atoms with Crippen molar-refractivity contribution in [2.45, 2.75) is 53.4 Å². The number of carbonyl (C=O) groups is 1. The Morgan fingerprint density at radius 1 is 1.22 bits per heavy atom. The molecule has 1 saturated carbocycles. The molecule has 3 rings (SSSR count). The molecule has 0 spiro atoms. The van der Waals surface area contributed by atoms with Gasteiger partial charge in [-0.15, -0.1) is 0 Å². The number of carboxylic acid groups (broad SMARTS) is 1. The van der Waals surface area contributed by atoms with E-state index in [9.17, 15) is 9.90 Å². The Balaban J connectivity index is 0.00000261. The Bertz CT molecular complexity index is 736. The van der Waals surface area contributed by atoms with E-state index in [-0.39, 0.29) is 40.9 Å². The number of hydrogen-bond donors (Lipinski definition) is 0. The molecule has 140 valence electrons. The van der Waals surface area contributed by atoms with E-state index in [4.69, 9.17) is 0 Å². The molecule has 1 aromatic carbocycles. The standard InChI is InChI=1S/C24H32O2.Na/c1-6-24(14-18(5)23(25)26)20(19-10-8-7-9-11-19)13-16(3)21-15(2)12-17(4)22(21)24;/h7-11,13-15,17,20-22H,6,12H2,1-5H3,(H,25,26);/q;+1/p-1/b18-14+;/t15-,17-,20+,21+,22-,24-;/m0./s1. The van der Waals surface area contributed by atoms with Gasteiger partial charge in [-0.3, -0.25) is 0 Å². The summed E-state index contributed by atoms with van der Waals surface area (Å²) in [5.41, 5.74) is 2.94. The van der Waals surface area contributed by atoms with Crippen LogP contribution < -0.4 is 34.7 Å². The molecule has 0 N–H and O–H groups in total. The SMILES string of the molecule is CC[C@@]1(/C=C(\C)C(=O)[O-])[C@@H]2[C@@H](C(C)=C[C@@H]1c1ccccc1)[C@@H](C)C[C@@H]2C.[Na+]. The van der Waals surface area contributed by atoms with Gasteiger partial charge >= 0.3 is 29.6 Å². The third kappa shape index (κ3) is 3.86. The van der Waals surface area contributed by atoms with E-state index in [2.05, 4.69) is 64.1 Å². The fraction of sp³-hybridized carbons (Fsp3) is 0.542. The molecule has 2 nitrogen and oxygen atoms in total. The monoisotopic (exact) mass is 374 g/mol. The Morgan fingerprint density at radius 3 is 2.41 bits per heavy atom. The first-order chi connectivity index (χ1) is 12.3. The molecule has 6 atom stereocenters. The first-order valence-electron chi connectivity index (χ1n) is 9.95. The molecule has 0 aromatic heterocycles. The van der Waals surface area contributed by atoms with E-state index in [0.717, 1.165) is 6.42 Å². The van der Waals surface area contributed by atoms with Gasteiger partial charge in [0.05, 0.1) is 5.97 Å². The van der Waals surface area contributed by atoms with E-state index in [1.165, 1.54) is 17.6 Å².